The topological polar surface area (TPSA) is 29.6 Å². The molecule has 0 unspecified atom stereocenters. The van der Waals surface area contributed by atoms with Crippen molar-refractivity contribution in [2.24, 2.45) is 0 Å². The van der Waals surface area contributed by atoms with E-state index in [0.29, 0.717) is 0 Å². The first-order chi connectivity index (χ1) is 57.6. The molecular formula is C110H72N6. The minimum absolute atomic E-state index is 1.15. The molecule has 25 aromatic rings. The van der Waals surface area contributed by atoms with Crippen LogP contribution in [0.4, 0.5) is 0 Å². The monoisotopic (exact) mass is 1480 g/mol. The average molecular weight is 1480 g/mol. The quantitative estimate of drug-likeness (QED) is 0.145. The van der Waals surface area contributed by atoms with Crippen LogP contribution in [-0.4, -0.2) is 27.4 Å². The SMILES string of the molecule is c1ccc(-c2cc(-c3ccccc3)cc(-n3c4ccccc4c4cc(-n5c6ccccc6c6ccccc65)ccc43)c2)cc1.c1ccc2c(-n3c4ccccc4c4cc(-n5c6ccccc6c6ccccc65)ccc43)cccc2c1.c1ccc2cc(-n3c4ccccc4c4cc(-n5c6ccccc6c6ccccc65)ccc43)ccc2c1. The van der Waals surface area contributed by atoms with Crippen molar-refractivity contribution in [3.8, 4) is 56.4 Å². The Balaban J connectivity index is 0.000000103. The summed E-state index contributed by atoms with van der Waals surface area (Å²) < 4.78 is 14.4. The molecule has 19 aromatic carbocycles. The smallest absolute Gasteiger partial charge is 0.0542 e. The molecule has 0 amide bonds. The molecule has 0 aliphatic heterocycles. The molecule has 116 heavy (non-hydrogen) atoms. The van der Waals surface area contributed by atoms with Crippen LogP contribution in [-0.2, 0) is 0 Å². The maximum Gasteiger partial charge on any atom is 0.0542 e. The van der Waals surface area contributed by atoms with Crippen molar-refractivity contribution in [2.45, 2.75) is 0 Å². The fraction of sp³-hybridized carbons (Fsp3) is 0. The highest BCUT2D eigenvalue weighted by Crippen LogP contribution is 2.44. The summed E-state index contributed by atoms with van der Waals surface area (Å²) in [6, 6.07) is 158. The van der Waals surface area contributed by atoms with Crippen molar-refractivity contribution < 1.29 is 0 Å². The molecule has 0 N–H and O–H groups in total. The van der Waals surface area contributed by atoms with Crippen LogP contribution in [0.1, 0.15) is 0 Å². The van der Waals surface area contributed by atoms with Crippen molar-refractivity contribution in [3.63, 3.8) is 0 Å². The highest BCUT2D eigenvalue weighted by molar-refractivity contribution is 6.17. The zero-order valence-corrected chi connectivity index (χ0v) is 63.3. The molecule has 6 aromatic heterocycles. The second-order valence-corrected chi connectivity index (χ2v) is 30.3. The highest BCUT2D eigenvalue weighted by Gasteiger charge is 2.22. The lowest BCUT2D eigenvalue weighted by Crippen LogP contribution is -1.97. The van der Waals surface area contributed by atoms with E-state index < -0.39 is 0 Å². The summed E-state index contributed by atoms with van der Waals surface area (Å²) in [7, 11) is 0. The first kappa shape index (κ1) is 66.3. The zero-order valence-electron chi connectivity index (χ0n) is 63.3. The summed E-state index contributed by atoms with van der Waals surface area (Å²) in [5.74, 6) is 0. The largest absolute Gasteiger partial charge is 0.309 e. The Morgan fingerprint density at radius 1 is 0.112 bits per heavy atom. The minimum Gasteiger partial charge on any atom is -0.309 e. The zero-order chi connectivity index (χ0) is 76.3. The van der Waals surface area contributed by atoms with Gasteiger partial charge in [-0.2, -0.15) is 0 Å². The second-order valence-electron chi connectivity index (χ2n) is 30.3. The third-order valence-electron chi connectivity index (χ3n) is 23.9. The lowest BCUT2D eigenvalue weighted by atomic mass is 9.98. The van der Waals surface area contributed by atoms with Crippen molar-refractivity contribution in [2.75, 3.05) is 0 Å². The van der Waals surface area contributed by atoms with Gasteiger partial charge in [0.05, 0.1) is 71.9 Å². The summed E-state index contributed by atoms with van der Waals surface area (Å²) in [4.78, 5) is 0. The first-order valence-corrected chi connectivity index (χ1v) is 39.9. The molecule has 0 saturated heterocycles. The summed E-state index contributed by atoms with van der Waals surface area (Å²) in [5, 5.41) is 20.3. The van der Waals surface area contributed by atoms with Gasteiger partial charge >= 0.3 is 0 Å². The molecule has 0 spiro atoms. The van der Waals surface area contributed by atoms with Gasteiger partial charge in [0, 0.05) is 98.5 Å². The average Bonchev–Trinajstić information content (AvgIpc) is 1.58. The van der Waals surface area contributed by atoms with Crippen LogP contribution >= 0.6 is 0 Å². The number of hydrogen-bond acceptors (Lipinski definition) is 0. The van der Waals surface area contributed by atoms with Crippen molar-refractivity contribution in [1.82, 2.24) is 27.4 Å². The van der Waals surface area contributed by atoms with Crippen molar-refractivity contribution in [3.05, 3.63) is 437 Å². The van der Waals surface area contributed by atoms with Crippen LogP contribution in [0.2, 0.25) is 0 Å². The van der Waals surface area contributed by atoms with Crippen LogP contribution in [0.15, 0.2) is 437 Å². The number of hydrogen-bond donors (Lipinski definition) is 0. The number of benzene rings is 19. The Kier molecular flexibility index (Phi) is 15.5. The molecule has 0 aliphatic carbocycles. The van der Waals surface area contributed by atoms with Gasteiger partial charge in [0.1, 0.15) is 0 Å². The number of aromatic nitrogens is 6. The molecule has 0 saturated carbocycles. The maximum atomic E-state index is 2.43. The molecule has 25 rings (SSSR count). The van der Waals surface area contributed by atoms with Crippen LogP contribution in [0.25, 0.3) is 209 Å². The third-order valence-corrected chi connectivity index (χ3v) is 23.9. The van der Waals surface area contributed by atoms with E-state index >= 15 is 0 Å². The summed E-state index contributed by atoms with van der Waals surface area (Å²) >= 11 is 0. The predicted molar refractivity (Wildman–Crippen MR) is 491 cm³/mol. The maximum absolute atomic E-state index is 2.43. The van der Waals surface area contributed by atoms with Crippen LogP contribution in [0.5, 0.6) is 0 Å². The van der Waals surface area contributed by atoms with E-state index in [9.17, 15) is 0 Å². The Labute approximate surface area is 668 Å². The molecular weight excluding hydrogens is 1410 g/mol. The number of rotatable bonds is 8. The predicted octanol–water partition coefficient (Wildman–Crippen LogP) is 29.3. The number of nitrogens with zero attached hydrogens (tertiary/aromatic N) is 6. The van der Waals surface area contributed by atoms with E-state index in [0.717, 1.165) is 5.69 Å². The lowest BCUT2D eigenvalue weighted by molar-refractivity contribution is 1.17. The van der Waals surface area contributed by atoms with Gasteiger partial charge in [0.25, 0.3) is 0 Å². The van der Waals surface area contributed by atoms with Gasteiger partial charge in [-0.05, 0) is 184 Å². The first-order valence-electron chi connectivity index (χ1n) is 39.9. The second kappa shape index (κ2) is 27.2. The van der Waals surface area contributed by atoms with Gasteiger partial charge in [-0.1, -0.05) is 291 Å². The number of fused-ring (bicyclic) bond motifs is 20. The Hall–Kier alpha value is -15.5. The van der Waals surface area contributed by atoms with Crippen LogP contribution in [0.3, 0.4) is 0 Å². The normalized spacial score (nSPS) is 11.8. The van der Waals surface area contributed by atoms with Crippen molar-refractivity contribution >= 4 is 152 Å². The molecule has 0 atom stereocenters. The van der Waals surface area contributed by atoms with E-state index in [1.165, 1.54) is 203 Å². The van der Waals surface area contributed by atoms with E-state index in [4.69, 9.17) is 0 Å². The van der Waals surface area contributed by atoms with Gasteiger partial charge in [0.15, 0.2) is 0 Å². The van der Waals surface area contributed by atoms with Gasteiger partial charge in [0.2, 0.25) is 0 Å². The van der Waals surface area contributed by atoms with E-state index in [-0.39, 0.29) is 0 Å². The molecule has 542 valence electrons. The molecule has 0 aliphatic rings. The molecule has 0 bridgehead atoms. The van der Waals surface area contributed by atoms with Crippen LogP contribution < -0.4 is 0 Å². The van der Waals surface area contributed by atoms with Crippen LogP contribution in [0, 0.1) is 0 Å². The van der Waals surface area contributed by atoms with Gasteiger partial charge in [-0.3, -0.25) is 0 Å². The molecule has 6 heterocycles. The Morgan fingerprint density at radius 3 is 0.733 bits per heavy atom. The molecule has 6 heteroatoms. The Morgan fingerprint density at radius 2 is 0.362 bits per heavy atom. The van der Waals surface area contributed by atoms with Gasteiger partial charge < -0.3 is 27.4 Å². The van der Waals surface area contributed by atoms with E-state index in [2.05, 4.69) is 464 Å². The fourth-order valence-electron chi connectivity index (χ4n) is 18.8. The molecule has 0 radical (unpaired) electrons. The van der Waals surface area contributed by atoms with E-state index in [1.807, 2.05) is 0 Å². The minimum atomic E-state index is 1.15. The van der Waals surface area contributed by atoms with Gasteiger partial charge in [-0.15, -0.1) is 0 Å². The lowest BCUT2D eigenvalue weighted by Gasteiger charge is -2.14. The molecule has 0 fully saturated rings. The Bertz CT molecular complexity index is 7990. The summed E-state index contributed by atoms with van der Waals surface area (Å²) in [5.41, 5.74) is 26.6. The van der Waals surface area contributed by atoms with Crippen molar-refractivity contribution in [1.29, 1.82) is 0 Å². The fourth-order valence-corrected chi connectivity index (χ4v) is 18.8. The van der Waals surface area contributed by atoms with E-state index in [1.54, 1.807) is 0 Å². The summed E-state index contributed by atoms with van der Waals surface area (Å²) in [6.07, 6.45) is 0. The van der Waals surface area contributed by atoms with Gasteiger partial charge in [-0.25, -0.2) is 0 Å². The number of para-hydroxylation sites is 9. The molecule has 6 nitrogen and oxygen atoms in total. The third kappa shape index (κ3) is 10.7. The summed E-state index contributed by atoms with van der Waals surface area (Å²) in [6.45, 7) is 0. The standard InChI is InChI=1S/C42H28N2.2C34H22N2/c1-3-13-29(14-4-1)31-25-32(30-15-5-2-6-16-30)27-34(26-31)44-41-22-12-9-19-37(41)38-28-33(23-24-42(38)44)43-39-20-10-7-17-35(39)36-18-8-11-21-40(36)43;1-2-12-25-23(10-1)11-9-19-30(25)36-33-18-8-5-15-28(33)29-22-24(20-21-34(29)36)35-31-16-6-3-13-26(31)27-14-4-7-17-32(27)35;1-2-10-24-21-25(18-17-23(24)9-1)35-33-16-8-5-13-29(33)30-22-26(19-20-34(30)35)36-31-14-6-3-11-27(31)28-12-4-7-15-32(28)36/h1-28H;2*1-22H. The highest BCUT2D eigenvalue weighted by atomic mass is 15.0.